The van der Waals surface area contributed by atoms with E-state index in [1.807, 2.05) is 6.07 Å². The maximum atomic E-state index is 12.4. The van der Waals surface area contributed by atoms with Crippen LogP contribution in [-0.2, 0) is 10.0 Å². The van der Waals surface area contributed by atoms with Gasteiger partial charge < -0.3 is 10.8 Å². The van der Waals surface area contributed by atoms with Gasteiger partial charge in [-0.1, -0.05) is 18.2 Å². The number of benzene rings is 2. The molecule has 0 heterocycles. The number of hydrogen-bond donors (Lipinski definition) is 2. The average molecular weight is 278 g/mol. The fourth-order valence-corrected chi connectivity index (χ4v) is 2.86. The zero-order valence-electron chi connectivity index (χ0n) is 10.3. The molecule has 100 valence electrons. The second-order valence-corrected chi connectivity index (χ2v) is 6.00. The second-order valence-electron chi connectivity index (χ2n) is 4.03. The van der Waals surface area contributed by atoms with Gasteiger partial charge in [0.1, 0.15) is 5.75 Å². The van der Waals surface area contributed by atoms with Crippen LogP contribution in [0.4, 0.5) is 11.4 Å². The molecule has 0 aliphatic carbocycles. The molecule has 0 aliphatic rings. The maximum absolute atomic E-state index is 12.4. The third kappa shape index (κ3) is 2.48. The van der Waals surface area contributed by atoms with Crippen molar-refractivity contribution in [2.75, 3.05) is 17.1 Å². The maximum Gasteiger partial charge on any atom is 0.264 e. The van der Waals surface area contributed by atoms with E-state index in [0.29, 0.717) is 5.69 Å². The molecule has 0 bridgehead atoms. The number of nitrogen functional groups attached to an aromatic ring is 1. The van der Waals surface area contributed by atoms with E-state index in [-0.39, 0.29) is 16.3 Å². The summed E-state index contributed by atoms with van der Waals surface area (Å²) >= 11 is 0. The first-order chi connectivity index (χ1) is 8.93. The molecule has 0 fully saturated rings. The first-order valence-corrected chi connectivity index (χ1v) is 6.99. The Balaban J connectivity index is 2.45. The van der Waals surface area contributed by atoms with Crippen molar-refractivity contribution >= 4 is 21.4 Å². The van der Waals surface area contributed by atoms with Gasteiger partial charge in [0.05, 0.1) is 16.3 Å². The number of sulfonamides is 1. The number of nitrogens with zero attached hydrogens (tertiary/aromatic N) is 1. The molecule has 0 unspecified atom stereocenters. The van der Waals surface area contributed by atoms with Crippen LogP contribution in [0.2, 0.25) is 0 Å². The summed E-state index contributed by atoms with van der Waals surface area (Å²) in [6, 6.07) is 12.5. The fourth-order valence-electron chi connectivity index (χ4n) is 1.63. The van der Waals surface area contributed by atoms with E-state index in [1.54, 1.807) is 24.3 Å². The molecular weight excluding hydrogens is 264 g/mol. The Morgan fingerprint density at radius 1 is 1.11 bits per heavy atom. The summed E-state index contributed by atoms with van der Waals surface area (Å²) in [6.07, 6.45) is 0. The molecule has 2 rings (SSSR count). The van der Waals surface area contributed by atoms with Crippen molar-refractivity contribution in [2.45, 2.75) is 4.90 Å². The summed E-state index contributed by atoms with van der Waals surface area (Å²) in [5, 5.41) is 9.33. The minimum absolute atomic E-state index is 0.0301. The highest BCUT2D eigenvalue weighted by atomic mass is 32.2. The molecular formula is C13H14N2O3S. The lowest BCUT2D eigenvalue weighted by molar-refractivity contribution is 0.477. The van der Waals surface area contributed by atoms with Gasteiger partial charge in [0.2, 0.25) is 0 Å². The van der Waals surface area contributed by atoms with Gasteiger partial charge in [-0.3, -0.25) is 4.31 Å². The lowest BCUT2D eigenvalue weighted by atomic mass is 10.3. The minimum Gasteiger partial charge on any atom is -0.506 e. The monoisotopic (exact) mass is 278 g/mol. The van der Waals surface area contributed by atoms with Crippen LogP contribution < -0.4 is 10.0 Å². The summed E-state index contributed by atoms with van der Waals surface area (Å²) < 4.78 is 25.9. The Hall–Kier alpha value is -2.21. The first-order valence-electron chi connectivity index (χ1n) is 5.55. The summed E-state index contributed by atoms with van der Waals surface area (Å²) in [6.45, 7) is 0. The van der Waals surface area contributed by atoms with Crippen LogP contribution in [0.25, 0.3) is 0 Å². The van der Waals surface area contributed by atoms with Crippen LogP contribution >= 0.6 is 0 Å². The SMILES string of the molecule is CN(c1ccccc1)S(=O)(=O)c1ccc(O)c(N)c1. The molecule has 0 radical (unpaired) electrons. The van der Waals surface area contributed by atoms with Gasteiger partial charge in [-0.15, -0.1) is 0 Å². The smallest absolute Gasteiger partial charge is 0.264 e. The van der Waals surface area contributed by atoms with Crippen molar-refractivity contribution in [3.05, 3.63) is 48.5 Å². The highest BCUT2D eigenvalue weighted by Crippen LogP contribution is 2.27. The van der Waals surface area contributed by atoms with E-state index in [4.69, 9.17) is 5.73 Å². The minimum atomic E-state index is -3.69. The van der Waals surface area contributed by atoms with Crippen molar-refractivity contribution in [1.29, 1.82) is 0 Å². The normalized spacial score (nSPS) is 11.2. The van der Waals surface area contributed by atoms with Gasteiger partial charge in [-0.25, -0.2) is 8.42 Å². The summed E-state index contributed by atoms with van der Waals surface area (Å²) in [4.78, 5) is 0.0363. The van der Waals surface area contributed by atoms with Crippen LogP contribution in [0, 0.1) is 0 Å². The highest BCUT2D eigenvalue weighted by Gasteiger charge is 2.21. The summed E-state index contributed by atoms with van der Waals surface area (Å²) in [7, 11) is -2.22. The van der Waals surface area contributed by atoms with Gasteiger partial charge in [-0.2, -0.15) is 0 Å². The molecule has 0 atom stereocenters. The van der Waals surface area contributed by atoms with E-state index in [0.717, 1.165) is 0 Å². The topological polar surface area (TPSA) is 83.6 Å². The fraction of sp³-hybridized carbons (Fsp3) is 0.0769. The van der Waals surface area contributed by atoms with Crippen molar-refractivity contribution in [3.8, 4) is 5.75 Å². The zero-order valence-corrected chi connectivity index (χ0v) is 11.1. The second kappa shape index (κ2) is 4.81. The van der Waals surface area contributed by atoms with Crippen LogP contribution in [0.1, 0.15) is 0 Å². The van der Waals surface area contributed by atoms with E-state index in [2.05, 4.69) is 0 Å². The average Bonchev–Trinajstić information content (AvgIpc) is 2.41. The molecule has 0 saturated carbocycles. The molecule has 19 heavy (non-hydrogen) atoms. The number of anilines is 2. The molecule has 6 heteroatoms. The van der Waals surface area contributed by atoms with E-state index in [9.17, 15) is 13.5 Å². The van der Waals surface area contributed by atoms with Gasteiger partial charge in [0.15, 0.2) is 0 Å². The van der Waals surface area contributed by atoms with Crippen LogP contribution in [0.3, 0.4) is 0 Å². The molecule has 2 aromatic carbocycles. The molecule has 0 amide bonds. The predicted molar refractivity (Wildman–Crippen MR) is 74.6 cm³/mol. The van der Waals surface area contributed by atoms with Crippen molar-refractivity contribution in [1.82, 2.24) is 0 Å². The Kier molecular flexibility index (Phi) is 3.35. The summed E-state index contributed by atoms with van der Waals surface area (Å²) in [5.74, 6) is -0.138. The number of hydrogen-bond acceptors (Lipinski definition) is 4. The van der Waals surface area contributed by atoms with Gasteiger partial charge in [0, 0.05) is 7.05 Å². The Bertz CT molecular complexity index is 684. The molecule has 0 spiro atoms. The van der Waals surface area contributed by atoms with Gasteiger partial charge >= 0.3 is 0 Å². The number of phenols is 1. The van der Waals surface area contributed by atoms with Crippen molar-refractivity contribution in [3.63, 3.8) is 0 Å². The summed E-state index contributed by atoms with van der Waals surface area (Å²) in [5.41, 5.74) is 6.10. The molecule has 2 aromatic rings. The first kappa shape index (κ1) is 13.2. The number of phenolic OH excluding ortho intramolecular Hbond substituents is 1. The van der Waals surface area contributed by atoms with E-state index >= 15 is 0 Å². The third-order valence-corrected chi connectivity index (χ3v) is 4.56. The van der Waals surface area contributed by atoms with Crippen LogP contribution in [0.15, 0.2) is 53.4 Å². The molecule has 3 N–H and O–H groups in total. The molecule has 0 saturated heterocycles. The third-order valence-electron chi connectivity index (χ3n) is 2.78. The van der Waals surface area contributed by atoms with Crippen LogP contribution in [-0.4, -0.2) is 20.6 Å². The predicted octanol–water partition coefficient (Wildman–Crippen LogP) is 1.80. The lowest BCUT2D eigenvalue weighted by Crippen LogP contribution is -2.26. The quantitative estimate of drug-likeness (QED) is 0.662. The number of para-hydroxylation sites is 1. The Labute approximate surface area is 112 Å². The van der Waals surface area contributed by atoms with Crippen molar-refractivity contribution < 1.29 is 13.5 Å². The van der Waals surface area contributed by atoms with Crippen LogP contribution in [0.5, 0.6) is 5.75 Å². The molecule has 0 aliphatic heterocycles. The number of aromatic hydroxyl groups is 1. The number of nitrogens with two attached hydrogens (primary N) is 1. The largest absolute Gasteiger partial charge is 0.506 e. The Morgan fingerprint density at radius 2 is 1.74 bits per heavy atom. The van der Waals surface area contributed by atoms with Gasteiger partial charge in [-0.05, 0) is 30.3 Å². The van der Waals surface area contributed by atoms with E-state index < -0.39 is 10.0 Å². The Morgan fingerprint density at radius 3 is 2.32 bits per heavy atom. The lowest BCUT2D eigenvalue weighted by Gasteiger charge is -2.19. The standard InChI is InChI=1S/C13H14N2O3S/c1-15(10-5-3-2-4-6-10)19(17,18)11-7-8-13(16)12(14)9-11/h2-9,16H,14H2,1H3. The number of rotatable bonds is 3. The van der Waals surface area contributed by atoms with Crippen molar-refractivity contribution in [2.24, 2.45) is 0 Å². The zero-order chi connectivity index (χ0) is 14.0. The van der Waals surface area contributed by atoms with Gasteiger partial charge in [0.25, 0.3) is 10.0 Å². The molecule has 0 aromatic heterocycles. The van der Waals surface area contributed by atoms with E-state index in [1.165, 1.54) is 29.6 Å². The highest BCUT2D eigenvalue weighted by molar-refractivity contribution is 7.92. The molecule has 5 nitrogen and oxygen atoms in total.